The minimum absolute atomic E-state index is 0.00453. The van der Waals surface area contributed by atoms with E-state index in [0.717, 1.165) is 0 Å². The topological polar surface area (TPSA) is 66.8 Å². The van der Waals surface area contributed by atoms with E-state index in [1.807, 2.05) is 0 Å². The second-order valence-corrected chi connectivity index (χ2v) is 5.32. The van der Waals surface area contributed by atoms with E-state index < -0.39 is 18.2 Å². The number of carboxylic acids is 1. The van der Waals surface area contributed by atoms with Gasteiger partial charge in [-0.25, -0.2) is 0 Å². The summed E-state index contributed by atoms with van der Waals surface area (Å²) in [6.07, 6.45) is -4.29. The molecule has 1 aromatic rings. The van der Waals surface area contributed by atoms with Crippen LogP contribution in [0.15, 0.2) is 24.3 Å². The highest BCUT2D eigenvalue weighted by Crippen LogP contribution is 2.27. The summed E-state index contributed by atoms with van der Waals surface area (Å²) < 4.78 is 40.9. The van der Waals surface area contributed by atoms with Crippen molar-refractivity contribution in [2.45, 2.75) is 25.6 Å². The molecular formula is C15H16F3NO4. The smallest absolute Gasteiger partial charge is 0.481 e. The fourth-order valence-corrected chi connectivity index (χ4v) is 2.52. The summed E-state index contributed by atoms with van der Waals surface area (Å²) >= 11 is 0. The van der Waals surface area contributed by atoms with Crippen LogP contribution in [0, 0.1) is 5.92 Å². The van der Waals surface area contributed by atoms with Crippen LogP contribution in [0.3, 0.4) is 0 Å². The third-order valence-corrected chi connectivity index (χ3v) is 3.70. The molecule has 2 rings (SSSR count). The van der Waals surface area contributed by atoms with E-state index in [1.165, 1.54) is 23.1 Å². The molecule has 126 valence electrons. The molecule has 5 nitrogen and oxygen atoms in total. The number of likely N-dealkylation sites (tertiary alicyclic amines) is 1. The van der Waals surface area contributed by atoms with Crippen molar-refractivity contribution in [3.63, 3.8) is 0 Å². The minimum Gasteiger partial charge on any atom is -0.481 e. The van der Waals surface area contributed by atoms with Crippen LogP contribution in [0.1, 0.15) is 18.4 Å². The number of amides is 1. The van der Waals surface area contributed by atoms with E-state index in [0.29, 0.717) is 13.0 Å². The number of carbonyl (C=O) groups excluding carboxylic acids is 1. The van der Waals surface area contributed by atoms with Gasteiger partial charge in [-0.2, -0.15) is 0 Å². The first-order valence-corrected chi connectivity index (χ1v) is 7.10. The molecule has 1 aliphatic heterocycles. The van der Waals surface area contributed by atoms with Crippen molar-refractivity contribution in [3.05, 3.63) is 29.8 Å². The van der Waals surface area contributed by atoms with Gasteiger partial charge in [-0.3, -0.25) is 9.59 Å². The van der Waals surface area contributed by atoms with E-state index in [-0.39, 0.29) is 36.6 Å². The van der Waals surface area contributed by atoms with Gasteiger partial charge in [0.2, 0.25) is 5.91 Å². The van der Waals surface area contributed by atoms with E-state index in [1.54, 1.807) is 6.07 Å². The molecule has 0 saturated carbocycles. The molecule has 0 unspecified atom stereocenters. The van der Waals surface area contributed by atoms with Gasteiger partial charge in [-0.15, -0.1) is 13.2 Å². The first-order chi connectivity index (χ1) is 10.8. The van der Waals surface area contributed by atoms with Crippen molar-refractivity contribution in [1.82, 2.24) is 4.90 Å². The normalized spacial score (nSPS) is 18.0. The van der Waals surface area contributed by atoms with Crippen molar-refractivity contribution in [2.75, 3.05) is 13.1 Å². The molecule has 0 radical (unpaired) electrons. The number of para-hydroxylation sites is 1. The number of carboxylic acid groups (broad SMARTS) is 1. The van der Waals surface area contributed by atoms with Gasteiger partial charge in [0, 0.05) is 19.5 Å². The monoisotopic (exact) mass is 331 g/mol. The number of nitrogens with zero attached hydrogens (tertiary/aromatic N) is 1. The first-order valence-electron chi connectivity index (χ1n) is 7.10. The number of benzene rings is 1. The second kappa shape index (κ2) is 6.89. The molecule has 23 heavy (non-hydrogen) atoms. The van der Waals surface area contributed by atoms with Crippen LogP contribution in [0.2, 0.25) is 0 Å². The number of halogens is 3. The van der Waals surface area contributed by atoms with Gasteiger partial charge in [0.15, 0.2) is 0 Å². The molecule has 1 aromatic carbocycles. The highest BCUT2D eigenvalue weighted by Gasteiger charge is 2.33. The summed E-state index contributed by atoms with van der Waals surface area (Å²) in [5, 5.41) is 8.90. The summed E-state index contributed by atoms with van der Waals surface area (Å²) in [7, 11) is 0. The maximum Gasteiger partial charge on any atom is 0.573 e. The number of carbonyl (C=O) groups is 2. The Morgan fingerprint density at radius 2 is 2.00 bits per heavy atom. The Bertz CT molecular complexity index is 588. The van der Waals surface area contributed by atoms with Crippen LogP contribution in [0.25, 0.3) is 0 Å². The minimum atomic E-state index is -4.79. The van der Waals surface area contributed by atoms with Crippen molar-refractivity contribution >= 4 is 11.9 Å². The Kier molecular flexibility index (Phi) is 5.12. The van der Waals surface area contributed by atoms with Crippen LogP contribution in [-0.4, -0.2) is 41.3 Å². The van der Waals surface area contributed by atoms with Gasteiger partial charge < -0.3 is 14.7 Å². The summed E-state index contributed by atoms with van der Waals surface area (Å²) in [5.74, 6) is -2.10. The van der Waals surface area contributed by atoms with Crippen LogP contribution >= 0.6 is 0 Å². The Hall–Kier alpha value is -2.25. The lowest BCUT2D eigenvalue weighted by atomic mass is 10.1. The predicted octanol–water partition coefficient (Wildman–Crippen LogP) is 2.45. The summed E-state index contributed by atoms with van der Waals surface area (Å²) in [6.45, 7) is 0.505. The second-order valence-electron chi connectivity index (χ2n) is 5.32. The number of alkyl halides is 3. The first kappa shape index (κ1) is 17.1. The number of aliphatic carboxylic acids is 1. The predicted molar refractivity (Wildman–Crippen MR) is 73.8 cm³/mol. The average Bonchev–Trinajstić information content (AvgIpc) is 2.94. The molecule has 0 aliphatic carbocycles. The van der Waals surface area contributed by atoms with Crippen molar-refractivity contribution in [1.29, 1.82) is 0 Å². The maximum absolute atomic E-state index is 12.3. The fraction of sp³-hybridized carbons (Fsp3) is 0.467. The Labute approximate surface area is 130 Å². The standard InChI is InChI=1S/C15H16F3NO4/c16-15(17,18)23-12-4-2-1-3-10(12)5-6-13(20)19-8-7-11(9-19)14(21)22/h1-4,11H,5-9H2,(H,21,22)/t11-/m0/s1. The molecule has 1 atom stereocenters. The summed E-state index contributed by atoms with van der Waals surface area (Å²) in [4.78, 5) is 24.4. The average molecular weight is 331 g/mol. The van der Waals surface area contributed by atoms with E-state index in [9.17, 15) is 22.8 Å². The molecular weight excluding hydrogens is 315 g/mol. The molecule has 1 heterocycles. The Balaban J connectivity index is 1.94. The van der Waals surface area contributed by atoms with Gasteiger partial charge in [-0.05, 0) is 24.5 Å². The Morgan fingerprint density at radius 3 is 2.61 bits per heavy atom. The summed E-state index contributed by atoms with van der Waals surface area (Å²) in [5.41, 5.74) is 0.284. The molecule has 0 spiro atoms. The highest BCUT2D eigenvalue weighted by atomic mass is 19.4. The quantitative estimate of drug-likeness (QED) is 0.900. The fourth-order valence-electron chi connectivity index (χ4n) is 2.52. The zero-order chi connectivity index (χ0) is 17.0. The zero-order valence-corrected chi connectivity index (χ0v) is 12.2. The van der Waals surface area contributed by atoms with Gasteiger partial charge in [0.05, 0.1) is 5.92 Å². The maximum atomic E-state index is 12.3. The molecule has 1 N–H and O–H groups in total. The molecule has 0 aromatic heterocycles. The van der Waals surface area contributed by atoms with Gasteiger partial charge in [0.25, 0.3) is 0 Å². The van der Waals surface area contributed by atoms with Gasteiger partial charge in [0.1, 0.15) is 5.75 Å². The number of hydrogen-bond acceptors (Lipinski definition) is 3. The van der Waals surface area contributed by atoms with Crippen molar-refractivity contribution in [2.24, 2.45) is 5.92 Å². The number of aryl methyl sites for hydroxylation is 1. The number of rotatable bonds is 5. The van der Waals surface area contributed by atoms with Crippen LogP contribution < -0.4 is 4.74 Å². The molecule has 1 amide bonds. The van der Waals surface area contributed by atoms with Crippen molar-refractivity contribution in [3.8, 4) is 5.75 Å². The molecule has 8 heteroatoms. The molecule has 1 saturated heterocycles. The van der Waals surface area contributed by atoms with Crippen LogP contribution in [-0.2, 0) is 16.0 Å². The lowest BCUT2D eigenvalue weighted by molar-refractivity contribution is -0.274. The van der Waals surface area contributed by atoms with E-state index >= 15 is 0 Å². The van der Waals surface area contributed by atoms with Gasteiger partial charge in [-0.1, -0.05) is 18.2 Å². The number of hydrogen-bond donors (Lipinski definition) is 1. The lowest BCUT2D eigenvalue weighted by Gasteiger charge is -2.17. The SMILES string of the molecule is O=C(O)[C@H]1CCN(C(=O)CCc2ccccc2OC(F)(F)F)C1. The van der Waals surface area contributed by atoms with E-state index in [4.69, 9.17) is 5.11 Å². The largest absolute Gasteiger partial charge is 0.573 e. The lowest BCUT2D eigenvalue weighted by Crippen LogP contribution is -2.30. The highest BCUT2D eigenvalue weighted by molar-refractivity contribution is 5.79. The molecule has 1 fully saturated rings. The molecule has 1 aliphatic rings. The van der Waals surface area contributed by atoms with Crippen LogP contribution in [0.5, 0.6) is 5.75 Å². The van der Waals surface area contributed by atoms with Crippen LogP contribution in [0.4, 0.5) is 13.2 Å². The zero-order valence-electron chi connectivity index (χ0n) is 12.2. The third kappa shape index (κ3) is 4.87. The van der Waals surface area contributed by atoms with Crippen molar-refractivity contribution < 1.29 is 32.6 Å². The molecule has 0 bridgehead atoms. The summed E-state index contributed by atoms with van der Waals surface area (Å²) in [6, 6.07) is 5.66. The van der Waals surface area contributed by atoms with E-state index in [2.05, 4.69) is 4.74 Å². The Morgan fingerprint density at radius 1 is 1.30 bits per heavy atom. The number of ether oxygens (including phenoxy) is 1. The van der Waals surface area contributed by atoms with Gasteiger partial charge >= 0.3 is 12.3 Å². The third-order valence-electron chi connectivity index (χ3n) is 3.70.